The first kappa shape index (κ1) is 22.9. The molecule has 2 amide bonds. The molecule has 2 aromatic rings. The van der Waals surface area contributed by atoms with Crippen LogP contribution >= 0.6 is 0 Å². The van der Waals surface area contributed by atoms with Crippen LogP contribution in [0.1, 0.15) is 23.2 Å². The van der Waals surface area contributed by atoms with E-state index in [1.54, 1.807) is 9.80 Å². The second-order valence-corrected chi connectivity index (χ2v) is 8.21. The lowest BCUT2D eigenvalue weighted by Crippen LogP contribution is -2.46. The summed E-state index contributed by atoms with van der Waals surface area (Å²) in [5, 5.41) is 0. The monoisotopic (exact) mass is 424 g/mol. The molecular weight excluding hydrogens is 392 g/mol. The maximum atomic E-state index is 13.3. The lowest BCUT2D eigenvalue weighted by atomic mass is 9.90. The molecule has 1 saturated heterocycles. The van der Waals surface area contributed by atoms with Gasteiger partial charge in [0.15, 0.2) is 0 Å². The molecule has 0 N–H and O–H groups in total. The number of amides is 2. The van der Waals surface area contributed by atoms with Crippen LogP contribution in [0.5, 0.6) is 0 Å². The molecule has 2 atom stereocenters. The Kier molecular flexibility index (Phi) is 7.79. The van der Waals surface area contributed by atoms with E-state index >= 15 is 0 Å². The van der Waals surface area contributed by atoms with Gasteiger partial charge < -0.3 is 14.5 Å². The Hall–Kier alpha value is -2.74. The molecule has 0 radical (unpaired) electrons. The number of benzene rings is 2. The molecule has 1 aliphatic heterocycles. The highest BCUT2D eigenvalue weighted by atomic mass is 16.5. The van der Waals surface area contributed by atoms with Crippen molar-refractivity contribution in [2.45, 2.75) is 12.1 Å². The predicted octanol–water partition coefficient (Wildman–Crippen LogP) is 2.19. The maximum Gasteiger partial charge on any atom is 0.237 e. The average Bonchev–Trinajstić information content (AvgIpc) is 2.77. The quantitative estimate of drug-likeness (QED) is 0.740. The summed E-state index contributed by atoms with van der Waals surface area (Å²) in [5.74, 6) is -0.0660. The van der Waals surface area contributed by atoms with E-state index in [4.69, 9.17) is 4.74 Å². The SMILES string of the molecule is CN1COCN(C)CC(=O)N(C)[C@H](c2ccccc2)[C@@H](c2ccccc2)N(C)C(=O)C1. The molecule has 1 aliphatic rings. The zero-order valence-electron chi connectivity index (χ0n) is 18.8. The highest BCUT2D eigenvalue weighted by Gasteiger charge is 2.36. The lowest BCUT2D eigenvalue weighted by Gasteiger charge is -2.40. The largest absolute Gasteiger partial charge is 0.351 e. The number of hydrogen-bond donors (Lipinski definition) is 0. The molecule has 31 heavy (non-hydrogen) atoms. The van der Waals surface area contributed by atoms with Gasteiger partial charge in [-0.15, -0.1) is 0 Å². The number of rotatable bonds is 2. The fourth-order valence-corrected chi connectivity index (χ4v) is 3.97. The van der Waals surface area contributed by atoms with Crippen LogP contribution in [0.4, 0.5) is 0 Å². The maximum absolute atomic E-state index is 13.3. The number of nitrogens with zero attached hydrogens (tertiary/aromatic N) is 4. The van der Waals surface area contributed by atoms with Crippen LogP contribution in [0.2, 0.25) is 0 Å². The Balaban J connectivity index is 2.12. The molecule has 0 saturated carbocycles. The van der Waals surface area contributed by atoms with Gasteiger partial charge >= 0.3 is 0 Å². The third-order valence-electron chi connectivity index (χ3n) is 5.64. The smallest absolute Gasteiger partial charge is 0.237 e. The van der Waals surface area contributed by atoms with Crippen molar-refractivity contribution in [2.24, 2.45) is 0 Å². The van der Waals surface area contributed by atoms with Crippen molar-refractivity contribution in [3.05, 3.63) is 71.8 Å². The zero-order valence-corrected chi connectivity index (χ0v) is 18.8. The van der Waals surface area contributed by atoms with Gasteiger partial charge in [0, 0.05) is 14.1 Å². The number of carbonyl (C=O) groups excluding carboxylic acids is 2. The topological polar surface area (TPSA) is 56.3 Å². The van der Waals surface area contributed by atoms with Gasteiger partial charge in [-0.25, -0.2) is 0 Å². The Morgan fingerprint density at radius 2 is 1.00 bits per heavy atom. The summed E-state index contributed by atoms with van der Waals surface area (Å²) in [7, 11) is 7.34. The van der Waals surface area contributed by atoms with Gasteiger partial charge in [0.05, 0.1) is 25.2 Å². The van der Waals surface area contributed by atoms with Gasteiger partial charge in [-0.3, -0.25) is 19.4 Å². The summed E-state index contributed by atoms with van der Waals surface area (Å²) in [5.41, 5.74) is 1.96. The van der Waals surface area contributed by atoms with Gasteiger partial charge in [0.25, 0.3) is 0 Å². The molecular formula is C24H32N4O3. The molecule has 166 valence electrons. The summed E-state index contributed by atoms with van der Waals surface area (Å²) >= 11 is 0. The van der Waals surface area contributed by atoms with Crippen LogP contribution in [0.25, 0.3) is 0 Å². The van der Waals surface area contributed by atoms with Gasteiger partial charge in [-0.1, -0.05) is 60.7 Å². The van der Waals surface area contributed by atoms with E-state index < -0.39 is 0 Å². The minimum absolute atomic E-state index is 0.0330. The predicted molar refractivity (Wildman–Crippen MR) is 120 cm³/mol. The minimum atomic E-state index is -0.342. The summed E-state index contributed by atoms with van der Waals surface area (Å²) in [6.45, 7) is 1.07. The van der Waals surface area contributed by atoms with Gasteiger partial charge in [-0.05, 0) is 25.2 Å². The van der Waals surface area contributed by atoms with Gasteiger partial charge in [-0.2, -0.15) is 0 Å². The average molecular weight is 425 g/mol. The molecule has 0 aliphatic carbocycles. The molecule has 0 unspecified atom stereocenters. The molecule has 1 heterocycles. The van der Waals surface area contributed by atoms with Crippen LogP contribution < -0.4 is 0 Å². The van der Waals surface area contributed by atoms with Gasteiger partial charge in [0.2, 0.25) is 11.8 Å². The van der Waals surface area contributed by atoms with E-state index in [9.17, 15) is 9.59 Å². The number of carbonyl (C=O) groups is 2. The van der Waals surface area contributed by atoms with E-state index in [-0.39, 0.29) is 37.0 Å². The molecule has 0 aromatic heterocycles. The normalized spacial score (nSPS) is 23.2. The standard InChI is InChI=1S/C24H32N4O3/c1-25-15-21(29)27(3)23(19-11-7-5-8-12-19)24(20-13-9-6-10-14-20)28(4)22(30)16-26(2)18-31-17-25/h5-14,23-24H,15-18H2,1-4H3/t23-,24-/m1/s1. The fourth-order valence-electron chi connectivity index (χ4n) is 3.97. The second kappa shape index (κ2) is 10.5. The number of ether oxygens (including phenoxy) is 1. The van der Waals surface area contributed by atoms with Crippen molar-refractivity contribution in [1.29, 1.82) is 0 Å². The summed E-state index contributed by atoms with van der Waals surface area (Å²) in [4.78, 5) is 33.7. The van der Waals surface area contributed by atoms with Crippen LogP contribution in [-0.4, -0.2) is 86.2 Å². The Labute approximate surface area is 184 Å². The molecule has 1 fully saturated rings. The number of likely N-dealkylation sites (N-methyl/N-ethyl adjacent to an activating group) is 4. The Morgan fingerprint density at radius 3 is 1.35 bits per heavy atom. The van der Waals surface area contributed by atoms with E-state index in [0.717, 1.165) is 11.1 Å². The molecule has 3 rings (SSSR count). The molecule has 2 aromatic carbocycles. The summed E-state index contributed by atoms with van der Waals surface area (Å²) in [6, 6.07) is 19.1. The second-order valence-electron chi connectivity index (χ2n) is 8.21. The van der Waals surface area contributed by atoms with Crippen molar-refractivity contribution in [3.63, 3.8) is 0 Å². The number of hydrogen-bond acceptors (Lipinski definition) is 5. The first-order valence-electron chi connectivity index (χ1n) is 10.4. The van der Waals surface area contributed by atoms with Gasteiger partial charge in [0.1, 0.15) is 13.5 Å². The van der Waals surface area contributed by atoms with Crippen molar-refractivity contribution in [3.8, 4) is 0 Å². The first-order chi connectivity index (χ1) is 14.9. The Bertz CT molecular complexity index is 790. The fraction of sp³-hybridized carbons (Fsp3) is 0.417. The zero-order chi connectivity index (χ0) is 22.4. The van der Waals surface area contributed by atoms with Crippen LogP contribution in [-0.2, 0) is 14.3 Å². The summed E-state index contributed by atoms with van der Waals surface area (Å²) in [6.07, 6.45) is 0. The van der Waals surface area contributed by atoms with Crippen molar-refractivity contribution < 1.29 is 14.3 Å². The van der Waals surface area contributed by atoms with Crippen molar-refractivity contribution >= 4 is 11.8 Å². The van der Waals surface area contributed by atoms with Crippen LogP contribution in [0.15, 0.2) is 60.7 Å². The van der Waals surface area contributed by atoms with Crippen molar-refractivity contribution in [1.82, 2.24) is 19.6 Å². The summed E-state index contributed by atoms with van der Waals surface area (Å²) < 4.78 is 5.67. The van der Waals surface area contributed by atoms with E-state index in [1.165, 1.54) is 0 Å². The first-order valence-corrected chi connectivity index (χ1v) is 10.4. The lowest BCUT2D eigenvalue weighted by molar-refractivity contribution is -0.140. The van der Waals surface area contributed by atoms with E-state index in [1.807, 2.05) is 98.7 Å². The third kappa shape index (κ3) is 5.70. The molecule has 7 heteroatoms. The minimum Gasteiger partial charge on any atom is -0.351 e. The molecule has 0 bridgehead atoms. The third-order valence-corrected chi connectivity index (χ3v) is 5.64. The van der Waals surface area contributed by atoms with E-state index in [2.05, 4.69) is 0 Å². The van der Waals surface area contributed by atoms with E-state index in [0.29, 0.717) is 13.5 Å². The van der Waals surface area contributed by atoms with Crippen molar-refractivity contribution in [2.75, 3.05) is 54.7 Å². The Morgan fingerprint density at radius 1 is 0.645 bits per heavy atom. The van der Waals surface area contributed by atoms with Crippen LogP contribution in [0, 0.1) is 0 Å². The highest BCUT2D eigenvalue weighted by molar-refractivity contribution is 5.80. The highest BCUT2D eigenvalue weighted by Crippen LogP contribution is 2.37. The van der Waals surface area contributed by atoms with Crippen LogP contribution in [0.3, 0.4) is 0 Å². The molecule has 7 nitrogen and oxygen atoms in total. The molecule has 0 spiro atoms.